The highest BCUT2D eigenvalue weighted by molar-refractivity contribution is 9.10. The lowest BCUT2D eigenvalue weighted by Crippen LogP contribution is -2.02. The first-order chi connectivity index (χ1) is 8.25. The van der Waals surface area contributed by atoms with E-state index < -0.39 is 0 Å². The van der Waals surface area contributed by atoms with Gasteiger partial charge in [0, 0.05) is 12.1 Å². The minimum atomic E-state index is 0.468. The van der Waals surface area contributed by atoms with Crippen LogP contribution in [0.1, 0.15) is 24.5 Å². The molecule has 3 rings (SSSR count). The largest absolute Gasteiger partial charge is 0.383 e. The predicted molar refractivity (Wildman–Crippen MR) is 67.1 cm³/mol. The maximum absolute atomic E-state index is 5.88. The van der Waals surface area contributed by atoms with E-state index in [0.717, 1.165) is 23.0 Å². The fraction of sp³-hybridized carbons (Fsp3) is 0.273. The van der Waals surface area contributed by atoms with E-state index in [1.165, 1.54) is 6.33 Å². The molecule has 0 amide bonds. The summed E-state index contributed by atoms with van der Waals surface area (Å²) in [5, 5.41) is 0. The molecule has 6 heteroatoms. The van der Waals surface area contributed by atoms with Gasteiger partial charge in [0.15, 0.2) is 5.82 Å². The molecule has 1 aliphatic rings. The molecule has 0 aliphatic heterocycles. The van der Waals surface area contributed by atoms with Crippen molar-refractivity contribution < 1.29 is 0 Å². The molecular weight excluding hydrogens is 282 g/mol. The van der Waals surface area contributed by atoms with Crippen LogP contribution in [-0.2, 0) is 0 Å². The molecule has 0 bridgehead atoms. The zero-order valence-corrected chi connectivity index (χ0v) is 10.6. The molecule has 2 N–H and O–H groups in total. The van der Waals surface area contributed by atoms with Crippen LogP contribution in [0.2, 0.25) is 0 Å². The van der Waals surface area contributed by atoms with Crippen LogP contribution in [0, 0.1) is 0 Å². The van der Waals surface area contributed by atoms with E-state index in [2.05, 4.69) is 35.9 Å². The van der Waals surface area contributed by atoms with Gasteiger partial charge in [-0.3, -0.25) is 0 Å². The van der Waals surface area contributed by atoms with Gasteiger partial charge in [0.05, 0.1) is 10.2 Å². The number of aromatic nitrogens is 4. The molecule has 0 atom stereocenters. The summed E-state index contributed by atoms with van der Waals surface area (Å²) in [6.07, 6.45) is 5.48. The van der Waals surface area contributed by atoms with Gasteiger partial charge < -0.3 is 5.73 Å². The van der Waals surface area contributed by atoms with E-state index in [0.29, 0.717) is 23.3 Å². The van der Waals surface area contributed by atoms with Gasteiger partial charge in [0.25, 0.3) is 0 Å². The Morgan fingerprint density at radius 2 is 2.12 bits per heavy atom. The van der Waals surface area contributed by atoms with Crippen molar-refractivity contribution in [2.45, 2.75) is 18.8 Å². The SMILES string of the molecule is Nc1nc(-c2ccncn2)nc(C2CC2)c1Br. The van der Waals surface area contributed by atoms with Gasteiger partial charge in [-0.25, -0.2) is 19.9 Å². The zero-order chi connectivity index (χ0) is 11.8. The summed E-state index contributed by atoms with van der Waals surface area (Å²) in [5.41, 5.74) is 7.57. The Kier molecular flexibility index (Phi) is 2.51. The maximum atomic E-state index is 5.88. The zero-order valence-electron chi connectivity index (χ0n) is 8.97. The molecule has 0 spiro atoms. The lowest BCUT2D eigenvalue weighted by atomic mass is 10.2. The van der Waals surface area contributed by atoms with Crippen LogP contribution < -0.4 is 5.73 Å². The van der Waals surface area contributed by atoms with Gasteiger partial charge in [-0.2, -0.15) is 0 Å². The molecule has 0 radical (unpaired) electrons. The summed E-state index contributed by atoms with van der Waals surface area (Å²) < 4.78 is 0.817. The smallest absolute Gasteiger partial charge is 0.180 e. The molecule has 1 saturated carbocycles. The fourth-order valence-corrected chi connectivity index (χ4v) is 2.15. The molecule has 5 nitrogen and oxygen atoms in total. The van der Waals surface area contributed by atoms with Gasteiger partial charge >= 0.3 is 0 Å². The number of hydrogen-bond donors (Lipinski definition) is 1. The molecule has 1 fully saturated rings. The van der Waals surface area contributed by atoms with Gasteiger partial charge in [0.1, 0.15) is 17.8 Å². The lowest BCUT2D eigenvalue weighted by Gasteiger charge is -2.07. The van der Waals surface area contributed by atoms with Crippen molar-refractivity contribution in [2.24, 2.45) is 0 Å². The number of anilines is 1. The highest BCUT2D eigenvalue weighted by Gasteiger charge is 2.29. The van der Waals surface area contributed by atoms with Crippen LogP contribution in [0.4, 0.5) is 5.82 Å². The molecule has 2 heterocycles. The van der Waals surface area contributed by atoms with Crippen LogP contribution in [0.15, 0.2) is 23.1 Å². The van der Waals surface area contributed by atoms with E-state index in [1.54, 1.807) is 12.3 Å². The lowest BCUT2D eigenvalue weighted by molar-refractivity contribution is 0.975. The van der Waals surface area contributed by atoms with Crippen molar-refractivity contribution in [1.29, 1.82) is 0 Å². The van der Waals surface area contributed by atoms with Crippen LogP contribution in [0.3, 0.4) is 0 Å². The van der Waals surface area contributed by atoms with Crippen LogP contribution in [-0.4, -0.2) is 19.9 Å². The van der Waals surface area contributed by atoms with E-state index in [9.17, 15) is 0 Å². The van der Waals surface area contributed by atoms with Crippen molar-refractivity contribution in [3.8, 4) is 11.5 Å². The quantitative estimate of drug-likeness (QED) is 0.917. The molecule has 2 aromatic rings. The second-order valence-corrected chi connectivity index (χ2v) is 4.79. The summed E-state index contributed by atoms with van der Waals surface area (Å²) in [6.45, 7) is 0. The minimum Gasteiger partial charge on any atom is -0.383 e. The van der Waals surface area contributed by atoms with Crippen LogP contribution in [0.25, 0.3) is 11.5 Å². The van der Waals surface area contributed by atoms with Crippen molar-refractivity contribution in [2.75, 3.05) is 5.73 Å². The van der Waals surface area contributed by atoms with Crippen molar-refractivity contribution >= 4 is 21.7 Å². The van der Waals surface area contributed by atoms with Gasteiger partial charge in [0.2, 0.25) is 0 Å². The average Bonchev–Trinajstić information content (AvgIpc) is 3.18. The molecule has 0 saturated heterocycles. The van der Waals surface area contributed by atoms with Crippen LogP contribution in [0.5, 0.6) is 0 Å². The van der Waals surface area contributed by atoms with E-state index in [4.69, 9.17) is 5.73 Å². The number of nitrogen functional groups attached to an aromatic ring is 1. The standard InChI is InChI=1S/C11H10BrN5/c12-8-9(6-1-2-6)16-11(17-10(8)13)7-3-4-14-5-15-7/h3-6H,1-2H2,(H2,13,16,17). The number of halogens is 1. The highest BCUT2D eigenvalue weighted by Crippen LogP contribution is 2.43. The van der Waals surface area contributed by atoms with E-state index >= 15 is 0 Å². The maximum Gasteiger partial charge on any atom is 0.180 e. The Hall–Kier alpha value is -1.56. The van der Waals surface area contributed by atoms with Crippen LogP contribution >= 0.6 is 15.9 Å². The van der Waals surface area contributed by atoms with E-state index in [-0.39, 0.29) is 0 Å². The first-order valence-corrected chi connectivity index (χ1v) is 6.14. The fourth-order valence-electron chi connectivity index (χ4n) is 1.65. The highest BCUT2D eigenvalue weighted by atomic mass is 79.9. The normalized spacial score (nSPS) is 14.9. The molecule has 1 aliphatic carbocycles. The molecule has 0 unspecified atom stereocenters. The van der Waals surface area contributed by atoms with Gasteiger partial charge in [-0.1, -0.05) is 0 Å². The molecule has 2 aromatic heterocycles. The Morgan fingerprint density at radius 1 is 1.29 bits per heavy atom. The van der Waals surface area contributed by atoms with Gasteiger partial charge in [-0.05, 0) is 34.8 Å². The van der Waals surface area contributed by atoms with E-state index in [1.807, 2.05) is 0 Å². The molecule has 17 heavy (non-hydrogen) atoms. The monoisotopic (exact) mass is 291 g/mol. The molecule has 0 aromatic carbocycles. The predicted octanol–water partition coefficient (Wildman–Crippen LogP) is 2.16. The Morgan fingerprint density at radius 3 is 2.76 bits per heavy atom. The molecule has 86 valence electrons. The number of rotatable bonds is 2. The third-order valence-electron chi connectivity index (χ3n) is 2.68. The summed E-state index contributed by atoms with van der Waals surface area (Å²) in [5.74, 6) is 1.54. The third kappa shape index (κ3) is 2.00. The number of nitrogens with zero attached hydrogens (tertiary/aromatic N) is 4. The van der Waals surface area contributed by atoms with Crippen molar-refractivity contribution in [3.63, 3.8) is 0 Å². The summed E-state index contributed by atoms with van der Waals surface area (Å²) >= 11 is 3.44. The van der Waals surface area contributed by atoms with Crippen molar-refractivity contribution in [1.82, 2.24) is 19.9 Å². The Labute approximate surface area is 107 Å². The summed E-state index contributed by atoms with van der Waals surface area (Å²) in [7, 11) is 0. The minimum absolute atomic E-state index is 0.468. The second-order valence-electron chi connectivity index (χ2n) is 4.00. The molecular formula is C11H10BrN5. The second kappa shape index (κ2) is 4.03. The summed E-state index contributed by atoms with van der Waals surface area (Å²) in [4.78, 5) is 16.8. The summed E-state index contributed by atoms with van der Waals surface area (Å²) in [6, 6.07) is 1.78. The van der Waals surface area contributed by atoms with Gasteiger partial charge in [-0.15, -0.1) is 0 Å². The first kappa shape index (κ1) is 10.6. The third-order valence-corrected chi connectivity index (χ3v) is 3.49. The number of hydrogen-bond acceptors (Lipinski definition) is 5. The average molecular weight is 292 g/mol. The Balaban J connectivity index is 2.12. The van der Waals surface area contributed by atoms with Crippen molar-refractivity contribution in [3.05, 3.63) is 28.8 Å². The topological polar surface area (TPSA) is 77.6 Å². The Bertz CT molecular complexity index is 553. The first-order valence-electron chi connectivity index (χ1n) is 5.35. The number of nitrogens with two attached hydrogens (primary N) is 1.